The third-order valence-corrected chi connectivity index (χ3v) is 4.74. The van der Waals surface area contributed by atoms with Gasteiger partial charge in [-0.2, -0.15) is 4.98 Å². The lowest BCUT2D eigenvalue weighted by Crippen LogP contribution is -2.17. The van der Waals surface area contributed by atoms with E-state index < -0.39 is 0 Å². The van der Waals surface area contributed by atoms with E-state index in [1.807, 2.05) is 42.5 Å². The van der Waals surface area contributed by atoms with Crippen molar-refractivity contribution in [3.05, 3.63) is 71.4 Å². The van der Waals surface area contributed by atoms with Gasteiger partial charge in [-0.15, -0.1) is 0 Å². The minimum atomic E-state index is 0.105. The summed E-state index contributed by atoms with van der Waals surface area (Å²) in [5.74, 6) is 1.18. The monoisotopic (exact) mass is 358 g/mol. The average Bonchev–Trinajstić information content (AvgIpc) is 2.69. The molecule has 0 spiro atoms. The lowest BCUT2D eigenvalue weighted by atomic mass is 9.95. The van der Waals surface area contributed by atoms with Gasteiger partial charge in [0.2, 0.25) is 5.95 Å². The van der Waals surface area contributed by atoms with Gasteiger partial charge in [0.05, 0.1) is 11.3 Å². The van der Waals surface area contributed by atoms with E-state index in [2.05, 4.69) is 39.7 Å². The Balaban J connectivity index is 1.69. The maximum Gasteiger partial charge on any atom is 0.229 e. The van der Waals surface area contributed by atoms with E-state index in [9.17, 15) is 4.79 Å². The Hall–Kier alpha value is -3.21. The van der Waals surface area contributed by atoms with Crippen LogP contribution in [0.3, 0.4) is 0 Å². The van der Waals surface area contributed by atoms with Crippen molar-refractivity contribution in [3.8, 4) is 0 Å². The molecule has 5 heteroatoms. The van der Waals surface area contributed by atoms with Crippen LogP contribution in [0.5, 0.6) is 0 Å². The molecular weight excluding hydrogens is 336 g/mol. The number of hydrogen-bond donors (Lipinski definition) is 2. The molecule has 2 aromatic carbocycles. The molecule has 136 valence electrons. The number of hydrogen-bond acceptors (Lipinski definition) is 5. The zero-order valence-corrected chi connectivity index (χ0v) is 15.3. The first-order chi connectivity index (χ1) is 13.2. The summed E-state index contributed by atoms with van der Waals surface area (Å²) in [7, 11) is 0. The Morgan fingerprint density at radius 1 is 0.889 bits per heavy atom. The van der Waals surface area contributed by atoms with Gasteiger partial charge in [-0.1, -0.05) is 37.3 Å². The van der Waals surface area contributed by atoms with E-state index in [0.717, 1.165) is 36.3 Å². The van der Waals surface area contributed by atoms with Gasteiger partial charge >= 0.3 is 0 Å². The molecule has 0 bridgehead atoms. The molecule has 1 heterocycles. The number of benzene rings is 2. The molecule has 4 rings (SSSR count). The maximum atomic E-state index is 12.5. The molecular formula is C22H22N4O. The molecule has 1 aliphatic carbocycles. The van der Waals surface area contributed by atoms with Crippen molar-refractivity contribution in [2.24, 2.45) is 0 Å². The van der Waals surface area contributed by atoms with Gasteiger partial charge in [0.25, 0.3) is 0 Å². The summed E-state index contributed by atoms with van der Waals surface area (Å²) in [4.78, 5) is 21.7. The number of nitrogens with zero attached hydrogens (tertiary/aromatic N) is 2. The summed E-state index contributed by atoms with van der Waals surface area (Å²) in [5, 5.41) is 6.57. The van der Waals surface area contributed by atoms with Gasteiger partial charge in [0.15, 0.2) is 5.78 Å². The number of nitrogens with one attached hydrogen (secondary N) is 2. The highest BCUT2D eigenvalue weighted by molar-refractivity contribution is 6.03. The van der Waals surface area contributed by atoms with Gasteiger partial charge in [0.1, 0.15) is 5.82 Å². The second-order valence-electron chi connectivity index (χ2n) is 6.66. The second-order valence-corrected chi connectivity index (χ2v) is 6.66. The van der Waals surface area contributed by atoms with Crippen LogP contribution in [0.25, 0.3) is 0 Å². The van der Waals surface area contributed by atoms with Crippen molar-refractivity contribution in [2.45, 2.75) is 32.6 Å². The predicted octanol–water partition coefficient (Wildman–Crippen LogP) is 5.05. The topological polar surface area (TPSA) is 66.9 Å². The van der Waals surface area contributed by atoms with Gasteiger partial charge in [-0.05, 0) is 49.1 Å². The van der Waals surface area contributed by atoms with Crippen LogP contribution in [0.15, 0.2) is 54.6 Å². The minimum absolute atomic E-state index is 0.105. The third-order valence-electron chi connectivity index (χ3n) is 4.74. The first-order valence-electron chi connectivity index (χ1n) is 9.35. The van der Waals surface area contributed by atoms with E-state index in [0.29, 0.717) is 23.8 Å². The van der Waals surface area contributed by atoms with Gasteiger partial charge < -0.3 is 10.6 Å². The third kappa shape index (κ3) is 3.82. The molecule has 2 N–H and O–H groups in total. The fraction of sp³-hybridized carbons (Fsp3) is 0.227. The number of aromatic nitrogens is 2. The van der Waals surface area contributed by atoms with Crippen LogP contribution in [0.1, 0.15) is 41.4 Å². The first-order valence-corrected chi connectivity index (χ1v) is 9.35. The molecule has 3 aromatic rings. The van der Waals surface area contributed by atoms with E-state index in [1.54, 1.807) is 0 Å². The van der Waals surface area contributed by atoms with Crippen LogP contribution in [-0.4, -0.2) is 15.8 Å². The maximum absolute atomic E-state index is 12.5. The van der Waals surface area contributed by atoms with Crippen molar-refractivity contribution < 1.29 is 4.79 Å². The smallest absolute Gasteiger partial charge is 0.229 e. The Kier molecular flexibility index (Phi) is 4.83. The van der Waals surface area contributed by atoms with E-state index in [-0.39, 0.29) is 5.78 Å². The zero-order valence-electron chi connectivity index (χ0n) is 15.3. The standard InChI is InChI=1S/C22H22N4O/c1-2-15-11-13-17(14-12-15)24-22-25-18-9-6-10-19(27)20(18)21(26-22)23-16-7-4-3-5-8-16/h3-5,7-8,11-14H,2,6,9-10H2,1H3,(H2,23,24,25,26). The Labute approximate surface area is 158 Å². The predicted molar refractivity (Wildman–Crippen MR) is 108 cm³/mol. The number of aryl methyl sites for hydroxylation is 2. The van der Waals surface area contributed by atoms with Crippen molar-refractivity contribution >= 4 is 28.9 Å². The number of Topliss-reactive ketones (excluding diaryl/α,β-unsaturated/α-hetero) is 1. The fourth-order valence-electron chi connectivity index (χ4n) is 3.28. The molecule has 1 aromatic heterocycles. The Morgan fingerprint density at radius 3 is 2.37 bits per heavy atom. The highest BCUT2D eigenvalue weighted by Gasteiger charge is 2.24. The number of carbonyl (C=O) groups is 1. The van der Waals surface area contributed by atoms with Crippen molar-refractivity contribution in [1.82, 2.24) is 9.97 Å². The van der Waals surface area contributed by atoms with Crippen molar-refractivity contribution in [3.63, 3.8) is 0 Å². The molecule has 5 nitrogen and oxygen atoms in total. The normalized spacial score (nSPS) is 13.1. The molecule has 0 aliphatic heterocycles. The van der Waals surface area contributed by atoms with E-state index in [1.165, 1.54) is 5.56 Å². The SMILES string of the molecule is CCc1ccc(Nc2nc3c(c(Nc4ccccc4)n2)C(=O)CCC3)cc1. The number of rotatable bonds is 5. The molecule has 0 radical (unpaired) electrons. The van der Waals surface area contributed by atoms with Crippen LogP contribution in [0.2, 0.25) is 0 Å². The highest BCUT2D eigenvalue weighted by atomic mass is 16.1. The van der Waals surface area contributed by atoms with Crippen molar-refractivity contribution in [1.29, 1.82) is 0 Å². The lowest BCUT2D eigenvalue weighted by Gasteiger charge is -2.19. The summed E-state index contributed by atoms with van der Waals surface area (Å²) in [5.41, 5.74) is 4.54. The summed E-state index contributed by atoms with van der Waals surface area (Å²) < 4.78 is 0. The molecule has 27 heavy (non-hydrogen) atoms. The molecule has 0 saturated carbocycles. The fourth-order valence-corrected chi connectivity index (χ4v) is 3.28. The van der Waals surface area contributed by atoms with Gasteiger partial charge in [-0.3, -0.25) is 4.79 Å². The number of ketones is 1. The summed E-state index contributed by atoms with van der Waals surface area (Å²) in [6, 6.07) is 18.0. The molecule has 0 amide bonds. The van der Waals surface area contributed by atoms with Gasteiger partial charge in [-0.25, -0.2) is 4.98 Å². The summed E-state index contributed by atoms with van der Waals surface area (Å²) in [6.45, 7) is 2.13. The van der Waals surface area contributed by atoms with Crippen LogP contribution in [0, 0.1) is 0 Å². The molecule has 0 saturated heterocycles. The minimum Gasteiger partial charge on any atom is -0.339 e. The Morgan fingerprint density at radius 2 is 1.63 bits per heavy atom. The van der Waals surface area contributed by atoms with Crippen LogP contribution < -0.4 is 10.6 Å². The molecule has 0 fully saturated rings. The largest absolute Gasteiger partial charge is 0.339 e. The zero-order chi connectivity index (χ0) is 18.6. The van der Waals surface area contributed by atoms with Crippen LogP contribution in [0.4, 0.5) is 23.1 Å². The number of carbonyl (C=O) groups excluding carboxylic acids is 1. The summed E-state index contributed by atoms with van der Waals surface area (Å²) in [6.07, 6.45) is 3.17. The summed E-state index contributed by atoms with van der Waals surface area (Å²) >= 11 is 0. The first kappa shape index (κ1) is 17.2. The molecule has 1 aliphatic rings. The van der Waals surface area contributed by atoms with Crippen LogP contribution in [-0.2, 0) is 12.8 Å². The van der Waals surface area contributed by atoms with Gasteiger partial charge in [0, 0.05) is 17.8 Å². The number of para-hydroxylation sites is 1. The Bertz CT molecular complexity index is 952. The van der Waals surface area contributed by atoms with E-state index >= 15 is 0 Å². The lowest BCUT2D eigenvalue weighted by molar-refractivity contribution is 0.0972. The molecule has 0 atom stereocenters. The average molecular weight is 358 g/mol. The molecule has 0 unspecified atom stereocenters. The highest BCUT2D eigenvalue weighted by Crippen LogP contribution is 2.29. The van der Waals surface area contributed by atoms with Crippen LogP contribution >= 0.6 is 0 Å². The number of anilines is 4. The quantitative estimate of drug-likeness (QED) is 0.668. The van der Waals surface area contributed by atoms with E-state index in [4.69, 9.17) is 0 Å². The number of fused-ring (bicyclic) bond motifs is 1. The second kappa shape index (κ2) is 7.58. The van der Waals surface area contributed by atoms with Crippen molar-refractivity contribution in [2.75, 3.05) is 10.6 Å².